The first kappa shape index (κ1) is 19.6. The third-order valence-corrected chi connectivity index (χ3v) is 6.14. The lowest BCUT2D eigenvalue weighted by Gasteiger charge is -2.12. The Balaban J connectivity index is 1.52. The molecule has 0 aliphatic carbocycles. The van der Waals surface area contributed by atoms with E-state index in [1.165, 1.54) is 0 Å². The minimum absolute atomic E-state index is 0.282. The predicted octanol–water partition coefficient (Wildman–Crippen LogP) is 6.95. The minimum Gasteiger partial charge on any atom is -0.351 e. The third-order valence-electron chi connectivity index (χ3n) is 5.40. The summed E-state index contributed by atoms with van der Waals surface area (Å²) < 4.78 is 1.96. The number of hydrogen-bond acceptors (Lipinski definition) is 2. The molecule has 0 aliphatic heterocycles. The van der Waals surface area contributed by atoms with Gasteiger partial charge >= 0.3 is 0 Å². The van der Waals surface area contributed by atoms with E-state index in [1.807, 2.05) is 66.3 Å². The van der Waals surface area contributed by atoms with Gasteiger partial charge in [0, 0.05) is 47.0 Å². The number of aromatic nitrogens is 2. The second-order valence-corrected chi connectivity index (χ2v) is 8.10. The second kappa shape index (κ2) is 7.73. The van der Waals surface area contributed by atoms with Crippen molar-refractivity contribution in [3.63, 3.8) is 0 Å². The summed E-state index contributed by atoms with van der Waals surface area (Å²) >= 11 is 13.0. The molecule has 0 aliphatic rings. The Labute approximate surface area is 189 Å². The fraction of sp³-hybridized carbons (Fsp3) is 0.0400. The summed E-state index contributed by atoms with van der Waals surface area (Å²) in [6.45, 7) is 0. The van der Waals surface area contributed by atoms with Crippen LogP contribution in [0.15, 0.2) is 79.1 Å². The quantitative estimate of drug-likeness (QED) is 0.326. The number of fused-ring (bicyclic) bond motifs is 2. The number of anilines is 1. The number of halogens is 2. The van der Waals surface area contributed by atoms with Crippen molar-refractivity contribution in [1.82, 2.24) is 9.55 Å². The SMILES string of the molecule is Cn1ccc2c(Cl)c(C(=O)Nc3ccc(Cl)c(-c4nccc5ccccc45)c3)ccc21. The van der Waals surface area contributed by atoms with E-state index in [4.69, 9.17) is 23.2 Å². The van der Waals surface area contributed by atoms with Gasteiger partial charge in [-0.2, -0.15) is 0 Å². The van der Waals surface area contributed by atoms with E-state index >= 15 is 0 Å². The number of pyridine rings is 1. The number of nitrogens with zero attached hydrogens (tertiary/aromatic N) is 2. The molecule has 6 heteroatoms. The molecule has 2 aromatic heterocycles. The molecule has 1 amide bonds. The van der Waals surface area contributed by atoms with Crippen LogP contribution in [0, 0.1) is 0 Å². The molecule has 3 aromatic carbocycles. The van der Waals surface area contributed by atoms with Crippen LogP contribution in [0.4, 0.5) is 5.69 Å². The lowest BCUT2D eigenvalue weighted by Crippen LogP contribution is -2.12. The summed E-state index contributed by atoms with van der Waals surface area (Å²) in [5, 5.41) is 6.84. The van der Waals surface area contributed by atoms with Gasteiger partial charge in [-0.15, -0.1) is 0 Å². The maximum absolute atomic E-state index is 13.0. The predicted molar refractivity (Wildman–Crippen MR) is 128 cm³/mol. The number of aryl methyl sites for hydroxylation is 1. The zero-order valence-electron chi connectivity index (χ0n) is 16.6. The fourth-order valence-corrected chi connectivity index (χ4v) is 4.32. The van der Waals surface area contributed by atoms with Crippen LogP contribution in [0.3, 0.4) is 0 Å². The molecule has 0 atom stereocenters. The molecule has 0 radical (unpaired) electrons. The Bertz CT molecular complexity index is 1470. The van der Waals surface area contributed by atoms with Crippen LogP contribution >= 0.6 is 23.2 Å². The molecule has 0 spiro atoms. The van der Waals surface area contributed by atoms with Crippen LogP contribution in [0.5, 0.6) is 0 Å². The molecular formula is C25H17Cl2N3O. The number of nitrogens with one attached hydrogen (secondary N) is 1. The number of carbonyl (C=O) groups is 1. The van der Waals surface area contributed by atoms with Crippen LogP contribution in [0.25, 0.3) is 32.9 Å². The highest BCUT2D eigenvalue weighted by atomic mass is 35.5. The number of benzene rings is 3. The Morgan fingerprint density at radius 1 is 0.968 bits per heavy atom. The molecule has 0 fully saturated rings. The molecule has 2 heterocycles. The zero-order chi connectivity index (χ0) is 21.5. The van der Waals surface area contributed by atoms with Gasteiger partial charge in [0.25, 0.3) is 5.91 Å². The van der Waals surface area contributed by atoms with E-state index in [9.17, 15) is 4.79 Å². The summed E-state index contributed by atoms with van der Waals surface area (Å²) in [4.78, 5) is 17.5. The van der Waals surface area contributed by atoms with E-state index in [-0.39, 0.29) is 5.91 Å². The van der Waals surface area contributed by atoms with Gasteiger partial charge in [0.2, 0.25) is 0 Å². The Morgan fingerprint density at radius 2 is 1.81 bits per heavy atom. The summed E-state index contributed by atoms with van der Waals surface area (Å²) in [6.07, 6.45) is 3.68. The van der Waals surface area contributed by atoms with Crippen molar-refractivity contribution in [1.29, 1.82) is 0 Å². The van der Waals surface area contributed by atoms with Crippen molar-refractivity contribution < 1.29 is 4.79 Å². The topological polar surface area (TPSA) is 46.9 Å². The molecule has 0 saturated heterocycles. The highest BCUT2D eigenvalue weighted by molar-refractivity contribution is 6.39. The number of carbonyl (C=O) groups excluding carboxylic acids is 1. The van der Waals surface area contributed by atoms with Crippen molar-refractivity contribution in [2.24, 2.45) is 7.05 Å². The Morgan fingerprint density at radius 3 is 2.68 bits per heavy atom. The number of hydrogen-bond donors (Lipinski definition) is 1. The van der Waals surface area contributed by atoms with E-state index in [1.54, 1.807) is 24.4 Å². The highest BCUT2D eigenvalue weighted by Crippen LogP contribution is 2.34. The Kier molecular flexibility index (Phi) is 4.89. The van der Waals surface area contributed by atoms with E-state index < -0.39 is 0 Å². The maximum Gasteiger partial charge on any atom is 0.257 e. The first-order valence-corrected chi connectivity index (χ1v) is 10.5. The molecule has 0 saturated carbocycles. The maximum atomic E-state index is 13.0. The van der Waals surface area contributed by atoms with Gasteiger partial charge in [-0.05, 0) is 47.9 Å². The first-order valence-electron chi connectivity index (χ1n) is 9.71. The monoisotopic (exact) mass is 445 g/mol. The van der Waals surface area contributed by atoms with Gasteiger partial charge in [0.15, 0.2) is 0 Å². The van der Waals surface area contributed by atoms with Crippen molar-refractivity contribution >= 4 is 56.5 Å². The van der Waals surface area contributed by atoms with Crippen LogP contribution < -0.4 is 5.32 Å². The van der Waals surface area contributed by atoms with Crippen LogP contribution in [-0.2, 0) is 7.05 Å². The molecular weight excluding hydrogens is 429 g/mol. The molecule has 0 bridgehead atoms. The largest absolute Gasteiger partial charge is 0.351 e. The van der Waals surface area contributed by atoms with Crippen LogP contribution in [0.1, 0.15) is 10.4 Å². The van der Waals surface area contributed by atoms with Crippen molar-refractivity contribution in [2.75, 3.05) is 5.32 Å². The van der Waals surface area contributed by atoms with E-state index in [0.29, 0.717) is 21.3 Å². The lowest BCUT2D eigenvalue weighted by atomic mass is 10.0. The Hall–Kier alpha value is -3.34. The van der Waals surface area contributed by atoms with Crippen molar-refractivity contribution in [2.45, 2.75) is 0 Å². The normalized spacial score (nSPS) is 11.2. The molecule has 152 valence electrons. The van der Waals surface area contributed by atoms with Gasteiger partial charge < -0.3 is 9.88 Å². The lowest BCUT2D eigenvalue weighted by molar-refractivity contribution is 0.102. The molecule has 4 nitrogen and oxygen atoms in total. The molecule has 1 N–H and O–H groups in total. The average Bonchev–Trinajstić information content (AvgIpc) is 3.16. The van der Waals surface area contributed by atoms with Gasteiger partial charge in [-0.25, -0.2) is 0 Å². The van der Waals surface area contributed by atoms with E-state index in [0.717, 1.165) is 32.9 Å². The summed E-state index contributed by atoms with van der Waals surface area (Å²) in [5.74, 6) is -0.282. The fourth-order valence-electron chi connectivity index (χ4n) is 3.81. The van der Waals surface area contributed by atoms with Gasteiger partial charge in [-0.3, -0.25) is 9.78 Å². The van der Waals surface area contributed by atoms with Crippen molar-refractivity contribution in [3.8, 4) is 11.3 Å². The summed E-state index contributed by atoms with van der Waals surface area (Å²) in [5.41, 5.74) is 3.52. The average molecular weight is 446 g/mol. The minimum atomic E-state index is -0.282. The zero-order valence-corrected chi connectivity index (χ0v) is 18.1. The second-order valence-electron chi connectivity index (χ2n) is 7.32. The molecule has 0 unspecified atom stereocenters. The third kappa shape index (κ3) is 3.44. The molecule has 5 rings (SSSR count). The van der Waals surface area contributed by atoms with Crippen LogP contribution in [-0.4, -0.2) is 15.5 Å². The van der Waals surface area contributed by atoms with Gasteiger partial charge in [-0.1, -0.05) is 47.5 Å². The number of rotatable bonds is 3. The molecule has 31 heavy (non-hydrogen) atoms. The van der Waals surface area contributed by atoms with Gasteiger partial charge in [0.05, 0.1) is 21.3 Å². The summed E-state index contributed by atoms with van der Waals surface area (Å²) in [6, 6.07) is 20.8. The highest BCUT2D eigenvalue weighted by Gasteiger charge is 2.16. The smallest absolute Gasteiger partial charge is 0.257 e. The standard InChI is InChI=1S/C25H17Cl2N3O/c1-30-13-11-18-22(30)9-7-19(23(18)27)25(31)29-16-6-8-21(26)20(14-16)24-17-5-3-2-4-15(17)10-12-28-24/h2-14H,1H3,(H,29,31). The summed E-state index contributed by atoms with van der Waals surface area (Å²) in [7, 11) is 1.94. The van der Waals surface area contributed by atoms with Crippen LogP contribution in [0.2, 0.25) is 10.0 Å². The molecule has 5 aromatic rings. The van der Waals surface area contributed by atoms with E-state index in [2.05, 4.69) is 10.3 Å². The van der Waals surface area contributed by atoms with Crippen molar-refractivity contribution in [3.05, 3.63) is 94.7 Å². The number of amides is 1. The first-order chi connectivity index (χ1) is 15.0. The van der Waals surface area contributed by atoms with Gasteiger partial charge in [0.1, 0.15) is 0 Å².